The molecule has 1 aliphatic heterocycles. The molecule has 2 aromatic rings. The Bertz CT molecular complexity index is 787. The number of benzene rings is 2. The zero-order valence-electron chi connectivity index (χ0n) is 16.7. The highest BCUT2D eigenvalue weighted by molar-refractivity contribution is 5.85. The molecule has 0 saturated carbocycles. The molecule has 0 spiro atoms. The van der Waals surface area contributed by atoms with E-state index in [1.165, 1.54) is 19.8 Å². The minimum atomic E-state index is -0.0629. The van der Waals surface area contributed by atoms with E-state index in [0.29, 0.717) is 24.7 Å². The van der Waals surface area contributed by atoms with Crippen molar-refractivity contribution in [2.24, 2.45) is 0 Å². The molecule has 1 heterocycles. The molecule has 28 heavy (non-hydrogen) atoms. The highest BCUT2D eigenvalue weighted by Crippen LogP contribution is 2.43. The zero-order chi connectivity index (χ0) is 19.4. The minimum Gasteiger partial charge on any atom is -0.502 e. The standard InChI is InChI=1S/C21H27NO5.ClH/c1-5-26-16-9-13-7-8-22-20(15(13)12-17(16)27-6-2)14-10-18(24-3)21(23)19(11-14)25-4;/h9-12,20,22-23H,5-8H2,1-4H3;1H. The predicted octanol–water partition coefficient (Wildman–Crippen LogP) is 3.86. The van der Waals surface area contributed by atoms with E-state index in [0.717, 1.165) is 35.6 Å². The van der Waals surface area contributed by atoms with Crippen LogP contribution in [0.15, 0.2) is 24.3 Å². The third kappa shape index (κ3) is 4.23. The number of halogens is 1. The SMILES string of the molecule is CCOc1cc2c(cc1OCC)C(c1cc(OC)c(O)c(OC)c1)NCC2.Cl. The summed E-state index contributed by atoms with van der Waals surface area (Å²) in [5, 5.41) is 13.8. The van der Waals surface area contributed by atoms with Gasteiger partial charge in [-0.2, -0.15) is 0 Å². The van der Waals surface area contributed by atoms with Gasteiger partial charge in [-0.05, 0) is 61.2 Å². The second-order valence-electron chi connectivity index (χ2n) is 6.27. The van der Waals surface area contributed by atoms with Gasteiger partial charge in [0.05, 0.1) is 33.5 Å². The number of phenolic OH excluding ortho intramolecular Hbond substituents is 1. The minimum absolute atomic E-state index is 0. The summed E-state index contributed by atoms with van der Waals surface area (Å²) in [6.07, 6.45) is 0.907. The lowest BCUT2D eigenvalue weighted by Gasteiger charge is -2.29. The van der Waals surface area contributed by atoms with Crippen LogP contribution in [0.2, 0.25) is 0 Å². The van der Waals surface area contributed by atoms with Crippen LogP contribution in [-0.2, 0) is 6.42 Å². The van der Waals surface area contributed by atoms with Crippen LogP contribution in [0.3, 0.4) is 0 Å². The van der Waals surface area contributed by atoms with Crippen LogP contribution < -0.4 is 24.3 Å². The fourth-order valence-electron chi connectivity index (χ4n) is 3.48. The number of ether oxygens (including phenoxy) is 4. The van der Waals surface area contributed by atoms with Crippen molar-refractivity contribution >= 4 is 12.4 Å². The van der Waals surface area contributed by atoms with Crippen LogP contribution >= 0.6 is 12.4 Å². The number of rotatable bonds is 7. The maximum atomic E-state index is 10.2. The molecule has 7 heteroatoms. The molecule has 6 nitrogen and oxygen atoms in total. The van der Waals surface area contributed by atoms with Crippen molar-refractivity contribution in [1.29, 1.82) is 0 Å². The molecular weight excluding hydrogens is 382 g/mol. The molecule has 3 rings (SSSR count). The lowest BCUT2D eigenvalue weighted by atomic mass is 9.89. The van der Waals surface area contributed by atoms with Crippen LogP contribution in [0.1, 0.15) is 36.6 Å². The summed E-state index contributed by atoms with van der Waals surface area (Å²) < 4.78 is 22.2. The summed E-state index contributed by atoms with van der Waals surface area (Å²) in [5.41, 5.74) is 3.30. The van der Waals surface area contributed by atoms with Gasteiger partial charge in [0.2, 0.25) is 5.75 Å². The van der Waals surface area contributed by atoms with Crippen molar-refractivity contribution in [2.45, 2.75) is 26.3 Å². The average molecular weight is 410 g/mol. The van der Waals surface area contributed by atoms with E-state index in [-0.39, 0.29) is 24.2 Å². The summed E-state index contributed by atoms with van der Waals surface area (Å²) in [4.78, 5) is 0. The first-order valence-corrected chi connectivity index (χ1v) is 9.23. The Morgan fingerprint density at radius 3 is 2.04 bits per heavy atom. The third-order valence-corrected chi connectivity index (χ3v) is 4.69. The Balaban J connectivity index is 0.00000280. The first-order valence-electron chi connectivity index (χ1n) is 9.23. The molecule has 0 bridgehead atoms. The lowest BCUT2D eigenvalue weighted by Crippen LogP contribution is -2.30. The van der Waals surface area contributed by atoms with E-state index in [9.17, 15) is 5.11 Å². The van der Waals surface area contributed by atoms with Gasteiger partial charge in [0.15, 0.2) is 23.0 Å². The van der Waals surface area contributed by atoms with Gasteiger partial charge in [-0.25, -0.2) is 0 Å². The topological polar surface area (TPSA) is 69.2 Å². The average Bonchev–Trinajstić information content (AvgIpc) is 2.68. The Labute approximate surface area is 172 Å². The number of nitrogens with one attached hydrogen (secondary N) is 1. The van der Waals surface area contributed by atoms with E-state index in [1.807, 2.05) is 32.0 Å². The molecule has 1 atom stereocenters. The molecule has 0 saturated heterocycles. The van der Waals surface area contributed by atoms with E-state index in [1.54, 1.807) is 0 Å². The highest BCUT2D eigenvalue weighted by Gasteiger charge is 2.26. The van der Waals surface area contributed by atoms with E-state index in [4.69, 9.17) is 18.9 Å². The molecule has 2 aromatic carbocycles. The fraction of sp³-hybridized carbons (Fsp3) is 0.429. The summed E-state index contributed by atoms with van der Waals surface area (Å²) in [7, 11) is 3.06. The molecule has 0 aromatic heterocycles. The van der Waals surface area contributed by atoms with Gasteiger partial charge >= 0.3 is 0 Å². The molecule has 0 fully saturated rings. The number of hydrogen-bond acceptors (Lipinski definition) is 6. The molecule has 2 N–H and O–H groups in total. The van der Waals surface area contributed by atoms with Crippen molar-refractivity contribution < 1.29 is 24.1 Å². The molecule has 0 radical (unpaired) electrons. The predicted molar refractivity (Wildman–Crippen MR) is 111 cm³/mol. The van der Waals surface area contributed by atoms with Crippen molar-refractivity contribution in [3.8, 4) is 28.7 Å². The highest BCUT2D eigenvalue weighted by atomic mass is 35.5. The first-order chi connectivity index (χ1) is 13.1. The van der Waals surface area contributed by atoms with Gasteiger partial charge in [-0.1, -0.05) is 0 Å². The smallest absolute Gasteiger partial charge is 0.200 e. The Morgan fingerprint density at radius 1 is 0.929 bits per heavy atom. The Morgan fingerprint density at radius 2 is 1.50 bits per heavy atom. The van der Waals surface area contributed by atoms with Gasteiger partial charge in [0.1, 0.15) is 0 Å². The van der Waals surface area contributed by atoms with Crippen LogP contribution in [0.4, 0.5) is 0 Å². The maximum Gasteiger partial charge on any atom is 0.200 e. The molecule has 1 aliphatic rings. The van der Waals surface area contributed by atoms with Crippen molar-refractivity contribution in [1.82, 2.24) is 5.32 Å². The normalized spacial score (nSPS) is 15.2. The quantitative estimate of drug-likeness (QED) is 0.723. The van der Waals surface area contributed by atoms with Gasteiger partial charge in [0.25, 0.3) is 0 Å². The number of methoxy groups -OCH3 is 2. The molecule has 1 unspecified atom stereocenters. The van der Waals surface area contributed by atoms with E-state index >= 15 is 0 Å². The summed E-state index contributed by atoms with van der Waals surface area (Å²) in [5.74, 6) is 2.29. The van der Waals surface area contributed by atoms with Crippen LogP contribution in [-0.4, -0.2) is 39.1 Å². The number of aromatic hydroxyl groups is 1. The second kappa shape index (κ2) is 9.75. The van der Waals surface area contributed by atoms with Crippen molar-refractivity contribution in [3.63, 3.8) is 0 Å². The van der Waals surface area contributed by atoms with Crippen LogP contribution in [0.25, 0.3) is 0 Å². The zero-order valence-corrected chi connectivity index (χ0v) is 17.5. The van der Waals surface area contributed by atoms with Crippen LogP contribution in [0, 0.1) is 0 Å². The van der Waals surface area contributed by atoms with Crippen LogP contribution in [0.5, 0.6) is 28.7 Å². The Kier molecular flexibility index (Phi) is 7.66. The van der Waals surface area contributed by atoms with Crippen molar-refractivity contribution in [2.75, 3.05) is 34.0 Å². The summed E-state index contributed by atoms with van der Waals surface area (Å²) in [6.45, 7) is 5.92. The fourth-order valence-corrected chi connectivity index (χ4v) is 3.48. The van der Waals surface area contributed by atoms with Crippen molar-refractivity contribution in [3.05, 3.63) is 41.0 Å². The van der Waals surface area contributed by atoms with Gasteiger partial charge in [-0.3, -0.25) is 0 Å². The largest absolute Gasteiger partial charge is 0.502 e. The third-order valence-electron chi connectivity index (χ3n) is 4.69. The number of hydrogen-bond donors (Lipinski definition) is 2. The molecule has 154 valence electrons. The monoisotopic (exact) mass is 409 g/mol. The number of fused-ring (bicyclic) bond motifs is 1. The van der Waals surface area contributed by atoms with Gasteiger partial charge < -0.3 is 29.4 Å². The maximum absolute atomic E-state index is 10.2. The first kappa shape index (κ1) is 22.0. The lowest BCUT2D eigenvalue weighted by molar-refractivity contribution is 0.286. The summed E-state index contributed by atoms with van der Waals surface area (Å²) >= 11 is 0. The number of phenols is 1. The Hall–Kier alpha value is -2.31. The molecular formula is C21H28ClNO5. The van der Waals surface area contributed by atoms with Gasteiger partial charge in [0, 0.05) is 6.54 Å². The second-order valence-corrected chi connectivity index (χ2v) is 6.27. The molecule has 0 aliphatic carbocycles. The van der Waals surface area contributed by atoms with E-state index in [2.05, 4.69) is 11.4 Å². The molecule has 0 amide bonds. The van der Waals surface area contributed by atoms with E-state index < -0.39 is 0 Å². The van der Waals surface area contributed by atoms with Gasteiger partial charge in [-0.15, -0.1) is 12.4 Å². The summed E-state index contributed by atoms with van der Waals surface area (Å²) in [6, 6.07) is 7.73.